The number of rotatable bonds is 4. The number of aromatic nitrogens is 1. The van der Waals surface area contributed by atoms with Crippen molar-refractivity contribution in [2.45, 2.75) is 26.0 Å². The van der Waals surface area contributed by atoms with Crippen LogP contribution < -0.4 is 15.0 Å². The Balaban J connectivity index is 1.85. The van der Waals surface area contributed by atoms with Crippen LogP contribution in [0.4, 0.5) is 5.82 Å². The predicted octanol–water partition coefficient (Wildman–Crippen LogP) is 1.49. The maximum atomic E-state index is 12.7. The van der Waals surface area contributed by atoms with Gasteiger partial charge in [-0.3, -0.25) is 14.5 Å². The maximum absolute atomic E-state index is 12.7. The molecule has 120 valence electrons. The van der Waals surface area contributed by atoms with E-state index in [0.717, 1.165) is 0 Å². The zero-order valence-electron chi connectivity index (χ0n) is 12.9. The molecule has 0 fully saturated rings. The largest absolute Gasteiger partial charge is 0.467 e. The summed E-state index contributed by atoms with van der Waals surface area (Å²) in [6.45, 7) is 3.87. The molecule has 0 saturated heterocycles. The van der Waals surface area contributed by atoms with E-state index in [1.54, 1.807) is 30.5 Å². The van der Waals surface area contributed by atoms with Crippen molar-refractivity contribution in [3.63, 3.8) is 0 Å². The van der Waals surface area contributed by atoms with Gasteiger partial charge >= 0.3 is 0 Å². The summed E-state index contributed by atoms with van der Waals surface area (Å²) in [5.74, 6) is 0.468. The van der Waals surface area contributed by atoms with Crippen molar-refractivity contribution in [3.8, 4) is 5.75 Å². The molecule has 1 aliphatic heterocycles. The fourth-order valence-corrected chi connectivity index (χ4v) is 2.47. The summed E-state index contributed by atoms with van der Waals surface area (Å²) < 4.78 is 10.9. The molecule has 3 heterocycles. The number of hydrogen-bond acceptors (Lipinski definition) is 5. The first-order chi connectivity index (χ1) is 11.1. The number of nitrogens with zero attached hydrogens (tertiary/aromatic N) is 2. The molecule has 7 heteroatoms. The summed E-state index contributed by atoms with van der Waals surface area (Å²) in [5, 5.41) is 2.68. The van der Waals surface area contributed by atoms with Crippen LogP contribution in [-0.2, 0) is 16.1 Å². The Bertz CT molecular complexity index is 729. The van der Waals surface area contributed by atoms with Crippen LogP contribution in [0.5, 0.6) is 5.75 Å². The van der Waals surface area contributed by atoms with E-state index >= 15 is 0 Å². The summed E-state index contributed by atoms with van der Waals surface area (Å²) in [6.07, 6.45) is 3.10. The molecule has 1 N–H and O–H groups in total. The first kappa shape index (κ1) is 15.1. The summed E-state index contributed by atoms with van der Waals surface area (Å²) >= 11 is 0. The second kappa shape index (κ2) is 5.75. The normalized spacial score (nSPS) is 19.9. The minimum atomic E-state index is -1.64. The minimum Gasteiger partial charge on any atom is -0.467 e. The number of nitrogens with one attached hydrogen (secondary N) is 1. The fourth-order valence-electron chi connectivity index (χ4n) is 2.47. The number of anilines is 1. The van der Waals surface area contributed by atoms with Gasteiger partial charge in [0.05, 0.1) is 12.8 Å². The molecule has 0 saturated carbocycles. The number of carbonyl (C=O) groups excluding carboxylic acids is 2. The number of likely N-dealkylation sites (N-methyl/N-ethyl adjacent to an activating group) is 1. The molecule has 1 aliphatic rings. The van der Waals surface area contributed by atoms with Crippen molar-refractivity contribution in [3.05, 3.63) is 42.5 Å². The van der Waals surface area contributed by atoms with Gasteiger partial charge in [0.15, 0.2) is 11.6 Å². The molecule has 23 heavy (non-hydrogen) atoms. The molecule has 1 atom stereocenters. The average molecular weight is 315 g/mol. The lowest BCUT2D eigenvalue weighted by Crippen LogP contribution is -2.62. The zero-order chi connectivity index (χ0) is 16.4. The number of fused-ring (bicyclic) bond motifs is 1. The van der Waals surface area contributed by atoms with Crippen LogP contribution in [0.3, 0.4) is 0 Å². The Morgan fingerprint density at radius 1 is 1.39 bits per heavy atom. The minimum absolute atomic E-state index is 0.185. The summed E-state index contributed by atoms with van der Waals surface area (Å²) in [7, 11) is 0. The maximum Gasteiger partial charge on any atom is 0.282 e. The van der Waals surface area contributed by atoms with Crippen LogP contribution in [0, 0.1) is 0 Å². The van der Waals surface area contributed by atoms with Crippen LogP contribution in [0.1, 0.15) is 19.6 Å². The lowest BCUT2D eigenvalue weighted by atomic mass is 10.0. The highest BCUT2D eigenvalue weighted by atomic mass is 16.5. The standard InChI is InChI=1S/C16H17N3O4/c1-3-19-13-12(7-4-8-17-13)23-16(2,15(19)21)14(20)18-10-11-6-5-9-22-11/h4-9H,3,10H2,1-2H3,(H,18,20)/t16-/m1/s1. The van der Waals surface area contributed by atoms with Gasteiger partial charge in [0.1, 0.15) is 5.76 Å². The third kappa shape index (κ3) is 2.54. The molecular formula is C16H17N3O4. The van der Waals surface area contributed by atoms with E-state index in [0.29, 0.717) is 23.9 Å². The molecule has 2 amide bonds. The van der Waals surface area contributed by atoms with Crippen molar-refractivity contribution in [2.24, 2.45) is 0 Å². The van der Waals surface area contributed by atoms with Gasteiger partial charge in [0, 0.05) is 12.7 Å². The van der Waals surface area contributed by atoms with Gasteiger partial charge in [-0.05, 0) is 38.1 Å². The number of pyridine rings is 1. The third-order valence-corrected chi connectivity index (χ3v) is 3.73. The van der Waals surface area contributed by atoms with E-state index in [1.807, 2.05) is 6.92 Å². The Hall–Kier alpha value is -2.83. The lowest BCUT2D eigenvalue weighted by molar-refractivity contribution is -0.148. The van der Waals surface area contributed by atoms with E-state index in [-0.39, 0.29) is 6.54 Å². The van der Waals surface area contributed by atoms with Crippen molar-refractivity contribution >= 4 is 17.6 Å². The fraction of sp³-hybridized carbons (Fsp3) is 0.312. The molecular weight excluding hydrogens is 298 g/mol. The summed E-state index contributed by atoms with van der Waals surface area (Å²) in [5.41, 5.74) is -1.64. The van der Waals surface area contributed by atoms with E-state index in [9.17, 15) is 9.59 Å². The Morgan fingerprint density at radius 3 is 2.91 bits per heavy atom. The number of hydrogen-bond donors (Lipinski definition) is 1. The molecule has 0 radical (unpaired) electrons. The molecule has 7 nitrogen and oxygen atoms in total. The first-order valence-electron chi connectivity index (χ1n) is 7.33. The molecule has 2 aromatic rings. The summed E-state index contributed by atoms with van der Waals surface area (Å²) in [4.78, 5) is 30.9. The van der Waals surface area contributed by atoms with Crippen LogP contribution in [0.25, 0.3) is 0 Å². The molecule has 3 rings (SSSR count). The van der Waals surface area contributed by atoms with Crippen LogP contribution in [-0.4, -0.2) is 28.9 Å². The first-order valence-corrected chi connectivity index (χ1v) is 7.33. The monoisotopic (exact) mass is 315 g/mol. The second-order valence-corrected chi connectivity index (χ2v) is 5.27. The quantitative estimate of drug-likeness (QED) is 0.864. The highest BCUT2D eigenvalue weighted by molar-refractivity contribution is 6.16. The molecule has 0 bridgehead atoms. The molecule has 0 unspecified atom stereocenters. The Kier molecular flexibility index (Phi) is 3.77. The number of amides is 2. The van der Waals surface area contributed by atoms with Gasteiger partial charge in [0.2, 0.25) is 0 Å². The second-order valence-electron chi connectivity index (χ2n) is 5.27. The van der Waals surface area contributed by atoms with Crippen molar-refractivity contribution < 1.29 is 18.7 Å². The number of furan rings is 1. The Morgan fingerprint density at radius 2 is 2.22 bits per heavy atom. The highest BCUT2D eigenvalue weighted by Crippen LogP contribution is 2.35. The SMILES string of the molecule is CCN1C(=O)[C@@](C)(C(=O)NCc2ccco2)Oc2cccnc21. The van der Waals surface area contributed by atoms with Crippen LogP contribution in [0.15, 0.2) is 41.1 Å². The van der Waals surface area contributed by atoms with Gasteiger partial charge in [-0.25, -0.2) is 4.98 Å². The number of ether oxygens (including phenoxy) is 1. The molecule has 0 aliphatic carbocycles. The molecule has 0 spiro atoms. The van der Waals surface area contributed by atoms with E-state index in [4.69, 9.17) is 9.15 Å². The summed E-state index contributed by atoms with van der Waals surface area (Å²) in [6, 6.07) is 6.86. The van der Waals surface area contributed by atoms with Crippen LogP contribution >= 0.6 is 0 Å². The predicted molar refractivity (Wildman–Crippen MR) is 81.9 cm³/mol. The molecule has 2 aromatic heterocycles. The van der Waals surface area contributed by atoms with Gasteiger partial charge in [0.25, 0.3) is 17.4 Å². The topological polar surface area (TPSA) is 84.7 Å². The van der Waals surface area contributed by atoms with Gasteiger partial charge in [-0.15, -0.1) is 0 Å². The van der Waals surface area contributed by atoms with Crippen molar-refractivity contribution in [1.29, 1.82) is 0 Å². The van der Waals surface area contributed by atoms with Gasteiger partial charge in [-0.2, -0.15) is 0 Å². The van der Waals surface area contributed by atoms with E-state index in [1.165, 1.54) is 18.1 Å². The van der Waals surface area contributed by atoms with E-state index in [2.05, 4.69) is 10.3 Å². The van der Waals surface area contributed by atoms with E-state index < -0.39 is 17.4 Å². The van der Waals surface area contributed by atoms with Crippen molar-refractivity contribution in [1.82, 2.24) is 10.3 Å². The number of carbonyl (C=O) groups is 2. The smallest absolute Gasteiger partial charge is 0.282 e. The third-order valence-electron chi connectivity index (χ3n) is 3.73. The Labute approximate surface area is 133 Å². The average Bonchev–Trinajstić information content (AvgIpc) is 3.07. The lowest BCUT2D eigenvalue weighted by Gasteiger charge is -2.38. The van der Waals surface area contributed by atoms with Gasteiger partial charge < -0.3 is 14.5 Å². The molecule has 0 aromatic carbocycles. The van der Waals surface area contributed by atoms with Gasteiger partial charge in [-0.1, -0.05) is 0 Å². The highest BCUT2D eigenvalue weighted by Gasteiger charge is 2.50. The zero-order valence-corrected chi connectivity index (χ0v) is 12.9. The van der Waals surface area contributed by atoms with Crippen molar-refractivity contribution in [2.75, 3.05) is 11.4 Å². The van der Waals surface area contributed by atoms with Crippen LogP contribution in [0.2, 0.25) is 0 Å².